The molecule has 15 heterocycles. The number of cyclic esters (lactones) is 3. The molecule has 0 bridgehead atoms. The van der Waals surface area contributed by atoms with Crippen LogP contribution >= 0.6 is 34.0 Å². The molecule has 3 aliphatic carbocycles. The number of fused-ring (bicyclic) bond motifs is 12. The molecule has 30 atom stereocenters. The van der Waals surface area contributed by atoms with E-state index in [9.17, 15) is 61.7 Å². The summed E-state index contributed by atoms with van der Waals surface area (Å²) in [6.45, 7) is -10.7. The first-order valence-corrected chi connectivity index (χ1v) is 46.0. The van der Waals surface area contributed by atoms with Crippen LogP contribution in [0.5, 0.6) is 86.2 Å². The van der Waals surface area contributed by atoms with Gasteiger partial charge in [0.15, 0.2) is 107 Å². The van der Waals surface area contributed by atoms with Gasteiger partial charge in [0.05, 0.1) is 144 Å². The van der Waals surface area contributed by atoms with E-state index in [0.29, 0.717) is 16.7 Å². The summed E-state index contributed by atoms with van der Waals surface area (Å²) in [4.78, 5) is 43.3. The molecular weight excluding hydrogens is 1870 g/mol. The number of rotatable bonds is 18. The molecule has 3 aromatic heterocycles. The molecule has 9 aromatic rings. The first kappa shape index (κ1) is 76.0. The third-order valence-electron chi connectivity index (χ3n) is 27.0. The van der Waals surface area contributed by atoms with E-state index >= 15 is 0 Å². The van der Waals surface area contributed by atoms with Gasteiger partial charge in [0, 0.05) is 36.9 Å². The van der Waals surface area contributed by atoms with Crippen molar-refractivity contribution in [2.24, 2.45) is 35.5 Å². The van der Waals surface area contributed by atoms with E-state index < -0.39 is 259 Å². The molecule has 0 radical (unpaired) electrons. The predicted molar refractivity (Wildman–Crippen MR) is 468 cm³/mol. The lowest BCUT2D eigenvalue weighted by atomic mass is 9.66. The topological polar surface area (TPSA) is 482 Å². The highest BCUT2D eigenvalue weighted by atomic mass is 32.1. The number of phenols is 3. The van der Waals surface area contributed by atoms with E-state index in [1.807, 2.05) is 46.5 Å². The van der Waals surface area contributed by atoms with E-state index in [0.717, 1.165) is 26.8 Å². The Morgan fingerprint density at radius 3 is 1.02 bits per heavy atom. The number of hydrogen-bond donors (Lipinski definition) is 9. The van der Waals surface area contributed by atoms with Crippen LogP contribution in [-0.4, -0.2) is 258 Å². The first-order chi connectivity index (χ1) is 72.6. The van der Waals surface area contributed by atoms with Crippen LogP contribution in [0.15, 0.2) is 125 Å². The normalized spacial score (nSPS) is 38.1. The Morgan fingerprint density at radius 2 is 0.667 bits per heavy atom. The maximum Gasteiger partial charge on any atom is 0.310 e. The molecule has 12 aliphatic heterocycles. The van der Waals surface area contributed by atoms with Gasteiger partial charge in [-0.1, -0.05) is 18.2 Å². The van der Waals surface area contributed by atoms with Gasteiger partial charge in [-0.2, -0.15) is 0 Å². The summed E-state index contributed by atoms with van der Waals surface area (Å²) >= 11 is 4.22. The fourth-order valence-corrected chi connectivity index (χ4v) is 22.7. The standard InChI is InChI=1S/3C32H32O13S/c3*1-37-19-6-13(7-20(38-2)25(19)33)23-14-8-17-18(42-12-41-17)9-15(14)28(16-10-39-30(36)24(16)23)44-32-27(35)26(34)29-21(43-32)11-40-31(45-29)22-4-3-5-46-22/h3*3-9,16,21,23-24,26-29,31-35H,10-12H2,1-2H3/t3*16-,21+,23+,24-,26+,27+,28+,29+,31+,32-/m000/s1/i1D3,2D3,12D2;12D2,23D;10D2,12D2. The monoisotopic (exact) mass is 1980 g/mol. The summed E-state index contributed by atoms with van der Waals surface area (Å²) < 4.78 is 275. The molecule has 0 saturated carbocycles. The Labute approximate surface area is 818 Å². The largest absolute Gasteiger partial charge is 0.502 e. The number of aromatic hydroxyl groups is 3. The number of esters is 3. The average molecular weight is 1990 g/mol. The highest BCUT2D eigenvalue weighted by molar-refractivity contribution is 7.10. The molecule has 0 spiro atoms. The van der Waals surface area contributed by atoms with Gasteiger partial charge in [0.2, 0.25) is 37.5 Å². The summed E-state index contributed by atoms with van der Waals surface area (Å²) in [7, 11) is -0.873. The number of methoxy groups -OCH3 is 6. The molecule has 24 rings (SSSR count). The van der Waals surface area contributed by atoms with Gasteiger partial charge in [0.1, 0.15) is 81.5 Å². The quantitative estimate of drug-likeness (QED) is 0.0288. The lowest BCUT2D eigenvalue weighted by molar-refractivity contribution is -0.368. The maximum absolute atomic E-state index is 13.7. The maximum atomic E-state index is 13.7. The van der Waals surface area contributed by atoms with Crippen molar-refractivity contribution in [1.82, 2.24) is 0 Å². The van der Waals surface area contributed by atoms with Crippen LogP contribution < -0.4 is 56.8 Å². The zero-order chi connectivity index (χ0) is 108. The lowest BCUT2D eigenvalue weighted by Gasteiger charge is -2.48. The molecule has 15 aliphatic rings. The van der Waals surface area contributed by atoms with Crippen molar-refractivity contribution < 1.29 is 209 Å². The highest BCUT2D eigenvalue weighted by Gasteiger charge is 2.62. The number of carbonyl (C=O) groups excluding carboxylic acids is 3. The van der Waals surface area contributed by atoms with Crippen LogP contribution in [0.25, 0.3) is 0 Å². The number of ether oxygens (including phenoxy) is 27. The summed E-state index contributed by atoms with van der Waals surface area (Å²) in [6.07, 6.45) is -25.4. The van der Waals surface area contributed by atoms with E-state index in [2.05, 4.69) is 0 Å². The number of carbonyl (C=O) groups is 3. The van der Waals surface area contributed by atoms with Crippen molar-refractivity contribution in [3.63, 3.8) is 0 Å². The summed E-state index contributed by atoms with van der Waals surface area (Å²) in [5, 5.41) is 105. The van der Waals surface area contributed by atoms with Gasteiger partial charge < -0.3 is 174 Å². The minimum atomic E-state index is -3.10. The van der Waals surface area contributed by atoms with E-state index in [-0.39, 0.29) is 135 Å². The molecule has 39 nitrogen and oxygen atoms in total. The van der Waals surface area contributed by atoms with Crippen LogP contribution in [0.2, 0.25) is 0 Å². The molecule has 42 heteroatoms. The van der Waals surface area contributed by atoms with Crippen LogP contribution in [0.4, 0.5) is 0 Å². The fraction of sp³-hybridized carbons (Fsp3) is 0.469. The zero-order valence-corrected chi connectivity index (χ0v) is 74.8. The second-order valence-corrected chi connectivity index (χ2v) is 37.3. The summed E-state index contributed by atoms with van der Waals surface area (Å²) in [5.41, 5.74) is 2.15. The zero-order valence-electron chi connectivity index (χ0n) is 87.4. The van der Waals surface area contributed by atoms with Crippen molar-refractivity contribution in [2.45, 2.75) is 147 Å². The predicted octanol–water partition coefficient (Wildman–Crippen LogP) is 8.26. The van der Waals surface area contributed by atoms with Crippen molar-refractivity contribution in [1.29, 1.82) is 0 Å². The Balaban J connectivity index is 0.000000129. The number of aliphatic hydroxyl groups excluding tert-OH is 6. The molecular formula is C96H96O39S3. The molecule has 0 amide bonds. The van der Waals surface area contributed by atoms with Crippen molar-refractivity contribution in [2.75, 3.05) is 102 Å². The van der Waals surface area contributed by atoms with Crippen LogP contribution in [0.1, 0.15) is 140 Å². The third-order valence-corrected chi connectivity index (χ3v) is 29.7. The van der Waals surface area contributed by atoms with E-state index in [1.54, 1.807) is 6.07 Å². The smallest absolute Gasteiger partial charge is 0.310 e. The number of aliphatic hydroxyl groups is 6. The Hall–Kier alpha value is -10.9. The first-order valence-electron chi connectivity index (χ1n) is 50.9. The van der Waals surface area contributed by atoms with Crippen LogP contribution in [0, 0.1) is 35.5 Å². The molecule has 9 fully saturated rings. The Morgan fingerprint density at radius 1 is 0.355 bits per heavy atom. The number of phenolic OH excluding ortho intramolecular Hbond substituents is 3. The second kappa shape index (κ2) is 37.6. The van der Waals surface area contributed by atoms with Gasteiger partial charge >= 0.3 is 17.9 Å². The van der Waals surface area contributed by atoms with Crippen molar-refractivity contribution >= 4 is 51.9 Å². The average Bonchev–Trinajstić information content (AvgIpc) is 1.62. The molecule has 732 valence electrons. The van der Waals surface area contributed by atoms with Gasteiger partial charge in [-0.3, -0.25) is 14.4 Å². The highest BCUT2D eigenvalue weighted by Crippen LogP contribution is 2.63. The van der Waals surface area contributed by atoms with Gasteiger partial charge in [-0.05, 0) is 157 Å². The van der Waals surface area contributed by atoms with Crippen molar-refractivity contribution in [3.8, 4) is 86.2 Å². The summed E-state index contributed by atoms with van der Waals surface area (Å²) in [6, 6.07) is 27.5. The molecule has 9 N–H and O–H groups in total. The second-order valence-electron chi connectivity index (χ2n) is 34.3. The lowest BCUT2D eigenvalue weighted by Crippen LogP contribution is -2.62. The van der Waals surface area contributed by atoms with E-state index in [1.165, 1.54) is 123 Å². The van der Waals surface area contributed by atoms with Gasteiger partial charge in [-0.25, -0.2) is 0 Å². The Kier molecular flexibility index (Phi) is 20.7. The molecule has 138 heavy (non-hydrogen) atoms. The van der Waals surface area contributed by atoms with E-state index in [4.69, 9.17) is 147 Å². The Bertz CT molecular complexity index is 6660. The molecule has 0 unspecified atom stereocenters. The minimum Gasteiger partial charge on any atom is -0.502 e. The minimum absolute atomic E-state index is 0.00652. The third kappa shape index (κ3) is 16.1. The fourth-order valence-electron chi connectivity index (χ4n) is 20.5. The number of hydrogen-bond acceptors (Lipinski definition) is 42. The van der Waals surface area contributed by atoms with Gasteiger partial charge in [-0.15, -0.1) is 34.0 Å². The van der Waals surface area contributed by atoms with Gasteiger partial charge in [0.25, 0.3) is 0 Å². The molecule has 6 aromatic carbocycles. The van der Waals surface area contributed by atoms with Crippen LogP contribution in [0.3, 0.4) is 0 Å². The number of thiophene rings is 3. The van der Waals surface area contributed by atoms with Crippen LogP contribution in [-0.2, 0) is 85.4 Å². The summed E-state index contributed by atoms with van der Waals surface area (Å²) in [5.74, 6) is -16.2. The van der Waals surface area contributed by atoms with Crippen molar-refractivity contribution in [3.05, 3.63) is 190 Å². The SMILES string of the molecule is [2H]C([2H])([2H])Oc1cc([C@@H]2c3cc4c(cc3[C@@H](O[C@@H]3O[C@@H]5CO[C@@H](c6cccs6)O[C@H]5[C@H](O)[C@H]3O)[C@H]3COC(=O)[C@H]23)OC([2H])([2H])O4)cc(OC([2H])([2H])[2H])c1O.[2H]C1([2H])Oc2cc3c(cc2O1)[C@@H](O[C@@H]1O[C@@H]2CO[C@@H](c4cccs4)O[C@H]2[C@H](O)[C@H]1O)[C@@H]1[C@H](C(=O)OC1([2H])[2H])[C@@H]3c1cc(OC)c(O)c(OC)c1.[2H]C1([2H])Oc2cc3c(cc2O1)[C@@]([2H])(c1cc(OC)c(O)c(OC)c1)[C@H]1C(=O)OC[C@@H]1[C@@H]3O[C@@H]1O[C@@H]2CO[C@@H](c3cccs3)O[C@H]2[C@H](O)[C@H]1O. The number of benzene rings is 6. The molecule has 9 saturated heterocycles.